The third-order valence-corrected chi connectivity index (χ3v) is 5.95. The van der Waals surface area contributed by atoms with Crippen molar-refractivity contribution >= 4 is 29.3 Å². The van der Waals surface area contributed by atoms with Gasteiger partial charge < -0.3 is 5.11 Å². The molecule has 0 aliphatic heterocycles. The smallest absolute Gasteiger partial charge is 0.432 e. The zero-order valence-corrected chi connectivity index (χ0v) is 16.9. The Hall–Kier alpha value is -2.27. The first-order chi connectivity index (χ1) is 13.3. The quantitative estimate of drug-likeness (QED) is 0.551. The van der Waals surface area contributed by atoms with E-state index in [9.17, 15) is 37.1 Å². The van der Waals surface area contributed by atoms with Gasteiger partial charge in [0, 0.05) is 17.5 Å². The summed E-state index contributed by atoms with van der Waals surface area (Å²) in [7, 11) is 0.815. The van der Waals surface area contributed by atoms with Crippen LogP contribution in [0.2, 0.25) is 5.02 Å². The number of benzene rings is 1. The maximum absolute atomic E-state index is 14.5. The summed E-state index contributed by atoms with van der Waals surface area (Å²) >= 11 is 6.71. The van der Waals surface area contributed by atoms with Crippen LogP contribution in [0.3, 0.4) is 0 Å². The normalized spacial score (nSPS) is 12.8. The lowest BCUT2D eigenvalue weighted by molar-refractivity contribution is -0.144. The Morgan fingerprint density at radius 3 is 2.38 bits per heavy atom. The standard InChI is InChI=1S/C17H15ClF4N2O4S/c1-4-11(15(26)27)29-12-6-10(9(19)5-8(12)18)24-14(25)7(2)13(17(20,21)22)23(3)16(24)28/h5-6,11H,4H2,1-3H3,(H,26,27). The molecule has 2 aromatic rings. The molecule has 1 atom stereocenters. The molecule has 1 N–H and O–H groups in total. The molecule has 158 valence electrons. The van der Waals surface area contributed by atoms with Crippen molar-refractivity contribution in [3.05, 3.63) is 55.1 Å². The van der Waals surface area contributed by atoms with Gasteiger partial charge in [-0.2, -0.15) is 13.2 Å². The Balaban J connectivity index is 2.79. The average molecular weight is 455 g/mol. The van der Waals surface area contributed by atoms with Gasteiger partial charge in [-0.3, -0.25) is 14.2 Å². The molecule has 0 saturated carbocycles. The number of halogens is 5. The van der Waals surface area contributed by atoms with E-state index in [-0.39, 0.29) is 25.5 Å². The summed E-state index contributed by atoms with van der Waals surface area (Å²) in [6.07, 6.45) is -4.77. The van der Waals surface area contributed by atoms with Gasteiger partial charge in [0.05, 0.1) is 10.7 Å². The number of thioether (sulfide) groups is 1. The van der Waals surface area contributed by atoms with E-state index in [0.717, 1.165) is 37.9 Å². The number of carbonyl (C=O) groups is 1. The highest BCUT2D eigenvalue weighted by molar-refractivity contribution is 8.00. The molecule has 1 aromatic carbocycles. The second kappa shape index (κ2) is 8.23. The van der Waals surface area contributed by atoms with Gasteiger partial charge in [0.1, 0.15) is 16.8 Å². The summed E-state index contributed by atoms with van der Waals surface area (Å²) in [5.41, 5.74) is -5.61. The van der Waals surface area contributed by atoms with Crippen LogP contribution in [0.15, 0.2) is 26.6 Å². The van der Waals surface area contributed by atoms with E-state index < -0.39 is 51.4 Å². The summed E-state index contributed by atoms with van der Waals surface area (Å²) in [4.78, 5) is 36.3. The van der Waals surface area contributed by atoms with Gasteiger partial charge in [-0.1, -0.05) is 18.5 Å². The van der Waals surface area contributed by atoms with E-state index in [1.165, 1.54) is 0 Å². The van der Waals surface area contributed by atoms with Crippen molar-refractivity contribution in [2.45, 2.75) is 36.6 Å². The minimum absolute atomic E-state index is 0.0591. The van der Waals surface area contributed by atoms with Crippen LogP contribution in [0.25, 0.3) is 5.69 Å². The number of carboxylic acid groups (broad SMARTS) is 1. The molecule has 1 unspecified atom stereocenters. The number of hydrogen-bond donors (Lipinski definition) is 1. The maximum Gasteiger partial charge on any atom is 0.432 e. The molecule has 0 fully saturated rings. The van der Waals surface area contributed by atoms with Crippen LogP contribution >= 0.6 is 23.4 Å². The van der Waals surface area contributed by atoms with Gasteiger partial charge in [0.2, 0.25) is 0 Å². The van der Waals surface area contributed by atoms with Crippen molar-refractivity contribution in [2.75, 3.05) is 0 Å². The van der Waals surface area contributed by atoms with Gasteiger partial charge in [0.15, 0.2) is 0 Å². The molecule has 0 amide bonds. The van der Waals surface area contributed by atoms with E-state index in [1.807, 2.05) is 0 Å². The fourth-order valence-electron chi connectivity index (χ4n) is 2.71. The molecule has 0 spiro atoms. The van der Waals surface area contributed by atoms with Crippen LogP contribution in [0, 0.1) is 12.7 Å². The van der Waals surface area contributed by atoms with Crippen molar-refractivity contribution < 1.29 is 27.5 Å². The zero-order valence-electron chi connectivity index (χ0n) is 15.3. The Kier molecular flexibility index (Phi) is 6.53. The number of rotatable bonds is 5. The number of aliphatic carboxylic acids is 1. The topological polar surface area (TPSA) is 81.3 Å². The first-order valence-electron chi connectivity index (χ1n) is 8.09. The number of alkyl halides is 3. The van der Waals surface area contributed by atoms with Gasteiger partial charge >= 0.3 is 17.8 Å². The van der Waals surface area contributed by atoms with Crippen LogP contribution < -0.4 is 11.2 Å². The van der Waals surface area contributed by atoms with E-state index in [2.05, 4.69) is 0 Å². The molecule has 0 aliphatic rings. The first-order valence-corrected chi connectivity index (χ1v) is 9.35. The van der Waals surface area contributed by atoms with E-state index in [0.29, 0.717) is 0 Å². The van der Waals surface area contributed by atoms with Crippen LogP contribution in [0.1, 0.15) is 24.6 Å². The first kappa shape index (κ1) is 23.0. The van der Waals surface area contributed by atoms with E-state index in [4.69, 9.17) is 11.6 Å². The summed E-state index contributed by atoms with van der Waals surface area (Å²) in [5.74, 6) is -2.28. The summed E-state index contributed by atoms with van der Waals surface area (Å²) in [6, 6.07) is 1.75. The van der Waals surface area contributed by atoms with Gasteiger partial charge in [0.25, 0.3) is 5.56 Å². The number of aromatic nitrogens is 2. The molecule has 6 nitrogen and oxygen atoms in total. The van der Waals surface area contributed by atoms with Crippen molar-refractivity contribution in [1.29, 1.82) is 0 Å². The van der Waals surface area contributed by atoms with Crippen molar-refractivity contribution in [2.24, 2.45) is 7.05 Å². The predicted molar refractivity (Wildman–Crippen MR) is 99.6 cm³/mol. The second-order valence-electron chi connectivity index (χ2n) is 6.04. The minimum Gasteiger partial charge on any atom is -0.480 e. The monoisotopic (exact) mass is 454 g/mol. The Morgan fingerprint density at radius 2 is 1.90 bits per heavy atom. The van der Waals surface area contributed by atoms with Crippen molar-refractivity contribution in [1.82, 2.24) is 9.13 Å². The summed E-state index contributed by atoms with van der Waals surface area (Å²) < 4.78 is 54.6. The molecule has 1 heterocycles. The van der Waals surface area contributed by atoms with Crippen LogP contribution in [-0.2, 0) is 18.0 Å². The molecule has 0 saturated heterocycles. The molecule has 0 bridgehead atoms. The van der Waals surface area contributed by atoms with Crippen molar-refractivity contribution in [3.63, 3.8) is 0 Å². The average Bonchev–Trinajstić information content (AvgIpc) is 2.59. The molecule has 0 aliphatic carbocycles. The SMILES string of the molecule is CCC(Sc1cc(-n2c(=O)c(C)c(C(F)(F)F)n(C)c2=O)c(F)cc1Cl)C(=O)O. The fourth-order valence-corrected chi connectivity index (χ4v) is 3.92. The Bertz CT molecular complexity index is 1060. The fraction of sp³-hybridized carbons (Fsp3) is 0.353. The maximum atomic E-state index is 14.5. The molecule has 2 rings (SSSR count). The minimum atomic E-state index is -4.97. The van der Waals surface area contributed by atoms with E-state index >= 15 is 0 Å². The number of nitrogens with zero attached hydrogens (tertiary/aromatic N) is 2. The van der Waals surface area contributed by atoms with Gasteiger partial charge in [-0.05, 0) is 25.5 Å². The van der Waals surface area contributed by atoms with E-state index in [1.54, 1.807) is 6.92 Å². The second-order valence-corrected chi connectivity index (χ2v) is 7.69. The van der Waals surface area contributed by atoms with Crippen LogP contribution in [-0.4, -0.2) is 25.5 Å². The van der Waals surface area contributed by atoms with Gasteiger partial charge in [-0.15, -0.1) is 11.8 Å². The third-order valence-electron chi connectivity index (χ3n) is 4.12. The molecule has 12 heteroatoms. The highest BCUT2D eigenvalue weighted by Crippen LogP contribution is 2.35. The van der Waals surface area contributed by atoms with Crippen molar-refractivity contribution in [3.8, 4) is 5.69 Å². The Labute approximate surface area is 170 Å². The third kappa shape index (κ3) is 4.35. The largest absolute Gasteiger partial charge is 0.480 e. The lowest BCUT2D eigenvalue weighted by atomic mass is 10.2. The molecular weight excluding hydrogens is 440 g/mol. The summed E-state index contributed by atoms with van der Waals surface area (Å²) in [5, 5.41) is 8.07. The lowest BCUT2D eigenvalue weighted by Gasteiger charge is -2.18. The van der Waals surface area contributed by atoms with Crippen LogP contribution in [0.5, 0.6) is 0 Å². The highest BCUT2D eigenvalue weighted by Gasteiger charge is 2.38. The number of hydrogen-bond acceptors (Lipinski definition) is 4. The highest BCUT2D eigenvalue weighted by atomic mass is 35.5. The molecular formula is C17H15ClF4N2O4S. The van der Waals surface area contributed by atoms with Gasteiger partial charge in [-0.25, -0.2) is 13.8 Å². The summed E-state index contributed by atoms with van der Waals surface area (Å²) in [6.45, 7) is 2.48. The molecule has 0 radical (unpaired) electrons. The predicted octanol–water partition coefficient (Wildman–Crippen LogP) is 3.61. The molecule has 1 aromatic heterocycles. The number of carboxylic acids is 1. The van der Waals surface area contributed by atoms with Crippen LogP contribution in [0.4, 0.5) is 17.6 Å². The zero-order chi connectivity index (χ0) is 22.3. The Morgan fingerprint density at radius 1 is 1.31 bits per heavy atom. The lowest BCUT2D eigenvalue weighted by Crippen LogP contribution is -2.43. The molecule has 29 heavy (non-hydrogen) atoms.